The molecule has 0 aliphatic carbocycles. The van der Waals surface area contributed by atoms with E-state index in [-0.39, 0.29) is 12.0 Å². The Morgan fingerprint density at radius 3 is 2.79 bits per heavy atom. The Kier molecular flexibility index (Phi) is 2.74. The van der Waals surface area contributed by atoms with Gasteiger partial charge in [-0.1, -0.05) is 6.92 Å². The van der Waals surface area contributed by atoms with Gasteiger partial charge in [0.2, 0.25) is 0 Å². The van der Waals surface area contributed by atoms with Crippen molar-refractivity contribution in [3.63, 3.8) is 0 Å². The van der Waals surface area contributed by atoms with Gasteiger partial charge in [0.1, 0.15) is 6.10 Å². The third kappa shape index (κ3) is 1.64. The van der Waals surface area contributed by atoms with Crippen molar-refractivity contribution < 1.29 is 9.53 Å². The molecule has 2 fully saturated rings. The number of likely N-dealkylation sites (tertiary alicyclic amines) is 1. The van der Waals surface area contributed by atoms with Crippen LogP contribution in [0.25, 0.3) is 0 Å². The van der Waals surface area contributed by atoms with Crippen molar-refractivity contribution in [3.05, 3.63) is 0 Å². The van der Waals surface area contributed by atoms with Crippen molar-refractivity contribution in [2.24, 2.45) is 17.6 Å². The zero-order valence-electron chi connectivity index (χ0n) is 8.61. The van der Waals surface area contributed by atoms with Gasteiger partial charge in [-0.3, -0.25) is 4.79 Å². The van der Waals surface area contributed by atoms with Crippen molar-refractivity contribution in [2.75, 3.05) is 26.2 Å². The van der Waals surface area contributed by atoms with Gasteiger partial charge >= 0.3 is 0 Å². The highest BCUT2D eigenvalue weighted by Gasteiger charge is 2.38. The first-order chi connectivity index (χ1) is 6.72. The molecule has 2 aliphatic heterocycles. The SMILES string of the molecule is CC1CCOC1C(=O)N1CC(CN)C1. The second-order valence-corrected chi connectivity index (χ2v) is 4.40. The predicted octanol–water partition coefficient (Wildman–Crippen LogP) is -0.171. The highest BCUT2D eigenvalue weighted by molar-refractivity contribution is 5.82. The Labute approximate surface area is 84.4 Å². The first-order valence-electron chi connectivity index (χ1n) is 5.33. The van der Waals surface area contributed by atoms with Crippen molar-refractivity contribution >= 4 is 5.91 Å². The van der Waals surface area contributed by atoms with Crippen LogP contribution in [0.3, 0.4) is 0 Å². The summed E-state index contributed by atoms with van der Waals surface area (Å²) < 4.78 is 5.43. The fraction of sp³-hybridized carbons (Fsp3) is 0.900. The van der Waals surface area contributed by atoms with Crippen LogP contribution in [0.4, 0.5) is 0 Å². The predicted molar refractivity (Wildman–Crippen MR) is 52.6 cm³/mol. The summed E-state index contributed by atoms with van der Waals surface area (Å²) in [7, 11) is 0. The molecule has 0 aromatic heterocycles. The summed E-state index contributed by atoms with van der Waals surface area (Å²) in [4.78, 5) is 13.7. The van der Waals surface area contributed by atoms with Gasteiger partial charge in [-0.25, -0.2) is 0 Å². The van der Waals surface area contributed by atoms with E-state index >= 15 is 0 Å². The minimum Gasteiger partial charge on any atom is -0.368 e. The minimum absolute atomic E-state index is 0.166. The van der Waals surface area contributed by atoms with Gasteiger partial charge in [0, 0.05) is 25.6 Å². The summed E-state index contributed by atoms with van der Waals surface area (Å²) in [6, 6.07) is 0. The Morgan fingerprint density at radius 2 is 2.29 bits per heavy atom. The van der Waals surface area contributed by atoms with Gasteiger partial charge in [0.05, 0.1) is 0 Å². The van der Waals surface area contributed by atoms with Crippen molar-refractivity contribution in [1.82, 2.24) is 4.90 Å². The van der Waals surface area contributed by atoms with Crippen molar-refractivity contribution in [2.45, 2.75) is 19.4 Å². The van der Waals surface area contributed by atoms with Gasteiger partial charge in [-0.05, 0) is 18.9 Å². The molecule has 0 aromatic carbocycles. The van der Waals surface area contributed by atoms with Crippen LogP contribution < -0.4 is 5.73 Å². The van der Waals surface area contributed by atoms with E-state index in [9.17, 15) is 4.79 Å². The topological polar surface area (TPSA) is 55.6 Å². The van der Waals surface area contributed by atoms with E-state index in [1.807, 2.05) is 4.90 Å². The molecular formula is C10H18N2O2. The van der Waals surface area contributed by atoms with Crippen molar-refractivity contribution in [3.8, 4) is 0 Å². The molecular weight excluding hydrogens is 180 g/mol. The number of carbonyl (C=O) groups is 1. The van der Waals surface area contributed by atoms with Crippen LogP contribution in [0.2, 0.25) is 0 Å². The molecule has 0 saturated carbocycles. The number of ether oxygens (including phenoxy) is 1. The zero-order valence-corrected chi connectivity index (χ0v) is 8.61. The first kappa shape index (κ1) is 9.93. The fourth-order valence-electron chi connectivity index (χ4n) is 2.09. The largest absolute Gasteiger partial charge is 0.368 e. The van der Waals surface area contributed by atoms with Crippen LogP contribution in [0.5, 0.6) is 0 Å². The molecule has 2 unspecified atom stereocenters. The standard InChI is InChI=1S/C10H18N2O2/c1-7-2-3-14-9(7)10(13)12-5-8(4-11)6-12/h7-9H,2-6,11H2,1H3. The molecule has 0 bridgehead atoms. The van der Waals surface area contributed by atoms with E-state index in [0.717, 1.165) is 26.1 Å². The average Bonchev–Trinajstić information content (AvgIpc) is 2.49. The van der Waals surface area contributed by atoms with Crippen LogP contribution >= 0.6 is 0 Å². The van der Waals surface area contributed by atoms with E-state index < -0.39 is 0 Å². The number of nitrogens with zero attached hydrogens (tertiary/aromatic N) is 1. The van der Waals surface area contributed by atoms with Crippen LogP contribution in [0.15, 0.2) is 0 Å². The maximum atomic E-state index is 11.9. The summed E-state index contributed by atoms with van der Waals surface area (Å²) in [5.74, 6) is 1.05. The monoisotopic (exact) mass is 198 g/mol. The third-order valence-electron chi connectivity index (χ3n) is 3.23. The quantitative estimate of drug-likeness (QED) is 0.670. The maximum Gasteiger partial charge on any atom is 0.251 e. The third-order valence-corrected chi connectivity index (χ3v) is 3.23. The zero-order chi connectivity index (χ0) is 10.1. The summed E-state index contributed by atoms with van der Waals surface area (Å²) >= 11 is 0. The summed E-state index contributed by atoms with van der Waals surface area (Å²) in [6.45, 7) is 5.14. The average molecular weight is 198 g/mol. The first-order valence-corrected chi connectivity index (χ1v) is 5.33. The number of rotatable bonds is 2. The van der Waals surface area contributed by atoms with Crippen LogP contribution in [-0.4, -0.2) is 43.2 Å². The number of amides is 1. The molecule has 2 rings (SSSR count). The number of hydrogen-bond acceptors (Lipinski definition) is 3. The summed E-state index contributed by atoms with van der Waals surface area (Å²) in [5, 5.41) is 0. The summed E-state index contributed by atoms with van der Waals surface area (Å²) in [6.07, 6.45) is 0.818. The Balaban J connectivity index is 1.84. The molecule has 0 aromatic rings. The number of hydrogen-bond donors (Lipinski definition) is 1. The van der Waals surface area contributed by atoms with Gasteiger partial charge in [-0.15, -0.1) is 0 Å². The molecule has 2 aliphatic rings. The maximum absolute atomic E-state index is 11.9. The molecule has 2 N–H and O–H groups in total. The molecule has 0 radical (unpaired) electrons. The molecule has 1 amide bonds. The van der Waals surface area contributed by atoms with Gasteiger partial charge in [-0.2, -0.15) is 0 Å². The van der Waals surface area contributed by atoms with E-state index in [0.29, 0.717) is 18.4 Å². The van der Waals surface area contributed by atoms with Gasteiger partial charge in [0.15, 0.2) is 0 Å². The molecule has 2 atom stereocenters. The second kappa shape index (κ2) is 3.87. The second-order valence-electron chi connectivity index (χ2n) is 4.40. The number of nitrogens with two attached hydrogens (primary N) is 1. The Hall–Kier alpha value is -0.610. The van der Waals surface area contributed by atoms with E-state index in [2.05, 4.69) is 6.92 Å². The van der Waals surface area contributed by atoms with E-state index in [1.165, 1.54) is 0 Å². The highest BCUT2D eigenvalue weighted by Crippen LogP contribution is 2.25. The lowest BCUT2D eigenvalue weighted by Crippen LogP contribution is -2.56. The van der Waals surface area contributed by atoms with Crippen LogP contribution in [-0.2, 0) is 9.53 Å². The van der Waals surface area contributed by atoms with Gasteiger partial charge in [0.25, 0.3) is 5.91 Å². The Morgan fingerprint density at radius 1 is 1.57 bits per heavy atom. The highest BCUT2D eigenvalue weighted by atomic mass is 16.5. The molecule has 2 heterocycles. The molecule has 4 heteroatoms. The Bertz CT molecular complexity index is 226. The van der Waals surface area contributed by atoms with Crippen LogP contribution in [0.1, 0.15) is 13.3 Å². The lowest BCUT2D eigenvalue weighted by Gasteiger charge is -2.40. The van der Waals surface area contributed by atoms with Crippen LogP contribution in [0, 0.1) is 11.8 Å². The lowest BCUT2D eigenvalue weighted by atomic mass is 9.96. The van der Waals surface area contributed by atoms with Crippen molar-refractivity contribution in [1.29, 1.82) is 0 Å². The summed E-state index contributed by atoms with van der Waals surface area (Å²) in [5.41, 5.74) is 5.51. The smallest absolute Gasteiger partial charge is 0.251 e. The van der Waals surface area contributed by atoms with Gasteiger partial charge < -0.3 is 15.4 Å². The minimum atomic E-state index is -0.186. The lowest BCUT2D eigenvalue weighted by molar-refractivity contribution is -0.148. The fourth-order valence-corrected chi connectivity index (χ4v) is 2.09. The number of carbonyl (C=O) groups excluding carboxylic acids is 1. The van der Waals surface area contributed by atoms with E-state index in [4.69, 9.17) is 10.5 Å². The molecule has 0 spiro atoms. The van der Waals surface area contributed by atoms with E-state index in [1.54, 1.807) is 0 Å². The normalized spacial score (nSPS) is 33.1. The molecule has 2 saturated heterocycles. The molecule has 4 nitrogen and oxygen atoms in total. The molecule has 80 valence electrons. The molecule has 14 heavy (non-hydrogen) atoms.